The molecule has 6 nitrogen and oxygen atoms in total. The summed E-state index contributed by atoms with van der Waals surface area (Å²) in [5, 5.41) is 0.642. The van der Waals surface area contributed by atoms with Crippen LogP contribution in [0.4, 0.5) is 0 Å². The van der Waals surface area contributed by atoms with E-state index < -0.39 is 0 Å². The second-order valence-electron chi connectivity index (χ2n) is 9.58. The molecular weight excluding hydrogens is 466 g/mol. The molecule has 0 spiro atoms. The van der Waals surface area contributed by atoms with Gasteiger partial charge in [-0.1, -0.05) is 42.5 Å². The highest BCUT2D eigenvalue weighted by Gasteiger charge is 2.28. The fourth-order valence-electron chi connectivity index (χ4n) is 4.91. The average Bonchev–Trinajstić information content (AvgIpc) is 3.34. The van der Waals surface area contributed by atoms with E-state index in [1.807, 2.05) is 36.4 Å². The smallest absolute Gasteiger partial charge is 0.197 e. The Balaban J connectivity index is 1.75. The van der Waals surface area contributed by atoms with Crippen LogP contribution in [0.2, 0.25) is 0 Å². The highest BCUT2D eigenvalue weighted by molar-refractivity contribution is 6.17. The van der Waals surface area contributed by atoms with Gasteiger partial charge < -0.3 is 18.6 Å². The van der Waals surface area contributed by atoms with E-state index in [1.54, 1.807) is 32.4 Å². The number of hydrogen-bond acceptors (Lipinski definition) is 6. The minimum absolute atomic E-state index is 0.0349. The van der Waals surface area contributed by atoms with Gasteiger partial charge in [0.1, 0.15) is 35.7 Å². The van der Waals surface area contributed by atoms with Crippen molar-refractivity contribution in [2.75, 3.05) is 20.8 Å². The van der Waals surface area contributed by atoms with Crippen molar-refractivity contribution in [1.29, 1.82) is 0 Å². The molecule has 0 aliphatic rings. The van der Waals surface area contributed by atoms with Crippen molar-refractivity contribution in [1.82, 2.24) is 4.90 Å². The number of hydrogen-bond donors (Lipinski definition) is 0. The maximum absolute atomic E-state index is 13.4. The topological polar surface area (TPSA) is 61.1 Å². The predicted molar refractivity (Wildman–Crippen MR) is 146 cm³/mol. The van der Waals surface area contributed by atoms with Gasteiger partial charge in [-0.25, -0.2) is 0 Å². The standard InChI is InChI=1S/C31H35NO5/c1-20(2)32(21(3)4)27(22-12-14-24(34-5)15-13-22)19-37-29-17-25(35-6)16-28-30(29)26(18-36-28)31(33)23-10-8-7-9-11-23/h7-18,20-21,27H,19H2,1-6H3. The summed E-state index contributed by atoms with van der Waals surface area (Å²) in [7, 11) is 3.26. The van der Waals surface area contributed by atoms with Gasteiger partial charge >= 0.3 is 0 Å². The lowest BCUT2D eigenvalue weighted by molar-refractivity contribution is 0.0752. The van der Waals surface area contributed by atoms with Gasteiger partial charge in [-0.2, -0.15) is 0 Å². The quantitative estimate of drug-likeness (QED) is 0.208. The molecule has 1 atom stereocenters. The molecule has 1 unspecified atom stereocenters. The third kappa shape index (κ3) is 5.65. The summed E-state index contributed by atoms with van der Waals surface area (Å²) in [6, 6.07) is 21.4. The Bertz CT molecular complexity index is 1320. The zero-order chi connectivity index (χ0) is 26.5. The van der Waals surface area contributed by atoms with Crippen molar-refractivity contribution in [2.45, 2.75) is 45.8 Å². The number of rotatable bonds is 11. The Hall–Kier alpha value is -3.77. The van der Waals surface area contributed by atoms with Crippen LogP contribution in [0.15, 0.2) is 77.4 Å². The number of carbonyl (C=O) groups excluding carboxylic acids is 1. The van der Waals surface area contributed by atoms with Crippen LogP contribution in [0.25, 0.3) is 11.0 Å². The lowest BCUT2D eigenvalue weighted by atomic mass is 10.0. The molecule has 0 aliphatic heterocycles. The first-order valence-corrected chi connectivity index (χ1v) is 12.6. The highest BCUT2D eigenvalue weighted by atomic mass is 16.5. The first-order valence-electron chi connectivity index (χ1n) is 12.6. The molecule has 37 heavy (non-hydrogen) atoms. The molecule has 1 heterocycles. The van der Waals surface area contributed by atoms with E-state index in [0.717, 1.165) is 11.3 Å². The number of benzene rings is 3. The summed E-state index contributed by atoms with van der Waals surface area (Å²) in [5.74, 6) is 1.84. The van der Waals surface area contributed by atoms with Crippen LogP contribution in [-0.2, 0) is 0 Å². The first-order chi connectivity index (χ1) is 17.8. The zero-order valence-electron chi connectivity index (χ0n) is 22.4. The molecule has 0 N–H and O–H groups in total. The van der Waals surface area contributed by atoms with Crippen LogP contribution in [0.3, 0.4) is 0 Å². The van der Waals surface area contributed by atoms with E-state index >= 15 is 0 Å². The van der Waals surface area contributed by atoms with Crippen LogP contribution < -0.4 is 14.2 Å². The van der Waals surface area contributed by atoms with Crippen molar-refractivity contribution in [3.63, 3.8) is 0 Å². The van der Waals surface area contributed by atoms with E-state index in [9.17, 15) is 4.79 Å². The van der Waals surface area contributed by atoms with E-state index in [0.29, 0.717) is 40.2 Å². The van der Waals surface area contributed by atoms with Crippen LogP contribution >= 0.6 is 0 Å². The maximum Gasteiger partial charge on any atom is 0.197 e. The molecule has 0 saturated carbocycles. The molecule has 0 bridgehead atoms. The molecule has 0 saturated heterocycles. The Kier molecular flexibility index (Phi) is 8.19. The summed E-state index contributed by atoms with van der Waals surface area (Å²) in [5.41, 5.74) is 2.72. The normalized spacial score (nSPS) is 12.4. The number of furan rings is 1. The van der Waals surface area contributed by atoms with Crippen molar-refractivity contribution in [3.05, 3.63) is 89.7 Å². The monoisotopic (exact) mass is 501 g/mol. The Morgan fingerprint density at radius 3 is 2.11 bits per heavy atom. The van der Waals surface area contributed by atoms with Gasteiger partial charge in [-0.05, 0) is 45.4 Å². The van der Waals surface area contributed by atoms with E-state index in [-0.39, 0.29) is 23.9 Å². The average molecular weight is 502 g/mol. The Labute approximate surface area is 218 Å². The molecule has 0 aliphatic carbocycles. The number of fused-ring (bicyclic) bond motifs is 1. The van der Waals surface area contributed by atoms with Gasteiger partial charge in [0, 0.05) is 29.8 Å². The molecule has 0 radical (unpaired) electrons. The maximum atomic E-state index is 13.4. The highest BCUT2D eigenvalue weighted by Crippen LogP contribution is 2.37. The Morgan fingerprint density at radius 1 is 0.865 bits per heavy atom. The van der Waals surface area contributed by atoms with Crippen LogP contribution in [0.1, 0.15) is 55.2 Å². The lowest BCUT2D eigenvalue weighted by Crippen LogP contribution is -2.42. The van der Waals surface area contributed by atoms with Gasteiger partial charge in [0.05, 0.1) is 31.2 Å². The van der Waals surface area contributed by atoms with Crippen molar-refractivity contribution < 1.29 is 23.4 Å². The van der Waals surface area contributed by atoms with Crippen LogP contribution in [0.5, 0.6) is 17.2 Å². The molecule has 4 aromatic rings. The summed E-state index contributed by atoms with van der Waals surface area (Å²) in [6.07, 6.45) is 1.50. The molecule has 194 valence electrons. The van der Waals surface area contributed by atoms with E-state index in [1.165, 1.54) is 6.26 Å². The number of carbonyl (C=O) groups is 1. The fraction of sp³-hybridized carbons (Fsp3) is 0.323. The zero-order valence-corrected chi connectivity index (χ0v) is 22.4. The van der Waals surface area contributed by atoms with Gasteiger partial charge in [-0.3, -0.25) is 9.69 Å². The van der Waals surface area contributed by atoms with E-state index in [4.69, 9.17) is 18.6 Å². The molecule has 0 fully saturated rings. The van der Waals surface area contributed by atoms with Gasteiger partial charge in [0.2, 0.25) is 0 Å². The number of nitrogens with zero attached hydrogens (tertiary/aromatic N) is 1. The van der Waals surface area contributed by atoms with E-state index in [2.05, 4.69) is 44.7 Å². The van der Waals surface area contributed by atoms with Gasteiger partial charge in [-0.15, -0.1) is 0 Å². The third-order valence-electron chi connectivity index (χ3n) is 6.58. The number of ketones is 1. The largest absolute Gasteiger partial charge is 0.497 e. The van der Waals surface area contributed by atoms with Crippen LogP contribution in [-0.4, -0.2) is 43.6 Å². The molecule has 0 amide bonds. The minimum atomic E-state index is -0.118. The summed E-state index contributed by atoms with van der Waals surface area (Å²) < 4.78 is 23.2. The number of ether oxygens (including phenoxy) is 3. The molecule has 4 rings (SSSR count). The lowest BCUT2D eigenvalue weighted by Gasteiger charge is -2.38. The second-order valence-corrected chi connectivity index (χ2v) is 9.58. The summed E-state index contributed by atoms with van der Waals surface area (Å²) in [4.78, 5) is 15.8. The first kappa shape index (κ1) is 26.3. The third-order valence-corrected chi connectivity index (χ3v) is 6.58. The fourth-order valence-corrected chi connectivity index (χ4v) is 4.91. The van der Waals surface area contributed by atoms with Gasteiger partial charge in [0.15, 0.2) is 5.78 Å². The van der Waals surface area contributed by atoms with Crippen molar-refractivity contribution in [2.24, 2.45) is 0 Å². The summed E-state index contributed by atoms with van der Waals surface area (Å²) >= 11 is 0. The van der Waals surface area contributed by atoms with Crippen molar-refractivity contribution >= 4 is 16.8 Å². The Morgan fingerprint density at radius 2 is 1.51 bits per heavy atom. The van der Waals surface area contributed by atoms with Crippen molar-refractivity contribution in [3.8, 4) is 17.2 Å². The predicted octanol–water partition coefficient (Wildman–Crippen LogP) is 6.92. The number of methoxy groups -OCH3 is 2. The van der Waals surface area contributed by atoms with Gasteiger partial charge in [0.25, 0.3) is 0 Å². The van der Waals surface area contributed by atoms with Crippen LogP contribution in [0, 0.1) is 0 Å². The second kappa shape index (κ2) is 11.5. The molecule has 6 heteroatoms. The summed E-state index contributed by atoms with van der Waals surface area (Å²) in [6.45, 7) is 9.12. The molecule has 3 aromatic carbocycles. The molecule has 1 aromatic heterocycles. The SMILES string of the molecule is COc1ccc(C(COc2cc(OC)cc3occ(C(=O)c4ccccc4)c23)N(C(C)C)C(C)C)cc1. The minimum Gasteiger partial charge on any atom is -0.497 e. The molecular formula is C31H35NO5.